The van der Waals surface area contributed by atoms with E-state index in [0.29, 0.717) is 5.76 Å². The van der Waals surface area contributed by atoms with Crippen LogP contribution in [0, 0.1) is 6.92 Å². The maximum Gasteiger partial charge on any atom is 0.294 e. The molecule has 8 heteroatoms. The second kappa shape index (κ2) is 8.13. The minimum absolute atomic E-state index is 0.197. The van der Waals surface area contributed by atoms with Gasteiger partial charge in [0.25, 0.3) is 11.1 Å². The summed E-state index contributed by atoms with van der Waals surface area (Å²) in [5, 5.41) is 2.15. The van der Waals surface area contributed by atoms with E-state index in [-0.39, 0.29) is 18.0 Å². The van der Waals surface area contributed by atoms with E-state index in [4.69, 9.17) is 9.15 Å². The van der Waals surface area contributed by atoms with Crippen LogP contribution < -0.4 is 10.1 Å². The molecule has 2 aromatic rings. The first-order valence-corrected chi connectivity index (χ1v) is 8.98. The molecule has 0 aliphatic carbocycles. The van der Waals surface area contributed by atoms with Gasteiger partial charge in [0.15, 0.2) is 0 Å². The summed E-state index contributed by atoms with van der Waals surface area (Å²) in [4.78, 5) is 37.9. The number of amides is 3. The van der Waals surface area contributed by atoms with Crippen molar-refractivity contribution in [3.8, 4) is 5.75 Å². The molecule has 0 saturated carbocycles. The maximum absolute atomic E-state index is 12.5. The Kier molecular flexibility index (Phi) is 5.66. The molecule has 1 aliphatic rings. The second-order valence-corrected chi connectivity index (χ2v) is 6.85. The number of aryl methyl sites for hydroxylation is 1. The number of benzene rings is 1. The lowest BCUT2D eigenvalue weighted by atomic mass is 10.1. The Morgan fingerprint density at radius 2 is 2.15 bits per heavy atom. The molecule has 3 rings (SSSR count). The van der Waals surface area contributed by atoms with Crippen molar-refractivity contribution in [2.75, 3.05) is 13.7 Å². The summed E-state index contributed by atoms with van der Waals surface area (Å²) < 4.78 is 10.3. The van der Waals surface area contributed by atoms with E-state index in [1.807, 2.05) is 13.0 Å². The summed E-state index contributed by atoms with van der Waals surface area (Å²) in [7, 11) is 1.59. The lowest BCUT2D eigenvalue weighted by Gasteiger charge is -2.11. The van der Waals surface area contributed by atoms with Gasteiger partial charge >= 0.3 is 0 Å². The van der Waals surface area contributed by atoms with Gasteiger partial charge in [0, 0.05) is 0 Å². The fourth-order valence-electron chi connectivity index (χ4n) is 2.58. The number of carbonyl (C=O) groups is 3. The standard InChI is InChI=1S/C19H18N2O5S/c1-12-8-13(5-6-15(12)25-2)9-16-18(23)21(19(24)27-16)11-17(22)20-10-14-4-3-7-26-14/h3-9H,10-11H2,1-2H3,(H,20,22)/b16-9-. The zero-order valence-electron chi connectivity index (χ0n) is 14.9. The molecule has 0 radical (unpaired) electrons. The van der Waals surface area contributed by atoms with Crippen LogP contribution in [-0.2, 0) is 16.1 Å². The summed E-state index contributed by atoms with van der Waals surface area (Å²) in [6.07, 6.45) is 3.14. The van der Waals surface area contributed by atoms with Crippen molar-refractivity contribution in [2.24, 2.45) is 0 Å². The SMILES string of the molecule is COc1ccc(/C=C2\SC(=O)N(CC(=O)NCc3ccco3)C2=O)cc1C. The Balaban J connectivity index is 1.65. The third-order valence-electron chi connectivity index (χ3n) is 3.93. The molecule has 3 amide bonds. The lowest BCUT2D eigenvalue weighted by molar-refractivity contribution is -0.129. The van der Waals surface area contributed by atoms with Crippen LogP contribution in [0.2, 0.25) is 0 Å². The van der Waals surface area contributed by atoms with Crippen LogP contribution in [0.15, 0.2) is 45.9 Å². The van der Waals surface area contributed by atoms with E-state index in [1.165, 1.54) is 6.26 Å². The maximum atomic E-state index is 12.5. The van der Waals surface area contributed by atoms with E-state index < -0.39 is 17.1 Å². The number of rotatable bonds is 6. The van der Waals surface area contributed by atoms with Crippen molar-refractivity contribution in [3.63, 3.8) is 0 Å². The average Bonchev–Trinajstić information content (AvgIpc) is 3.24. The van der Waals surface area contributed by atoms with E-state index in [1.54, 1.807) is 37.5 Å². The summed E-state index contributed by atoms with van der Waals surface area (Å²) >= 11 is 0.819. The average molecular weight is 386 g/mol. The van der Waals surface area contributed by atoms with Gasteiger partial charge in [0.2, 0.25) is 5.91 Å². The van der Waals surface area contributed by atoms with E-state index in [2.05, 4.69) is 5.32 Å². The second-order valence-electron chi connectivity index (χ2n) is 5.85. The van der Waals surface area contributed by atoms with Gasteiger partial charge in [-0.25, -0.2) is 0 Å². The normalized spacial score (nSPS) is 15.5. The van der Waals surface area contributed by atoms with Crippen LogP contribution in [0.25, 0.3) is 6.08 Å². The highest BCUT2D eigenvalue weighted by molar-refractivity contribution is 8.18. The smallest absolute Gasteiger partial charge is 0.294 e. The van der Waals surface area contributed by atoms with Crippen molar-refractivity contribution in [1.29, 1.82) is 0 Å². The van der Waals surface area contributed by atoms with Crippen LogP contribution in [-0.4, -0.2) is 35.6 Å². The molecule has 1 aliphatic heterocycles. The first-order chi connectivity index (χ1) is 13.0. The molecule has 1 aromatic heterocycles. The highest BCUT2D eigenvalue weighted by atomic mass is 32.2. The predicted molar refractivity (Wildman–Crippen MR) is 101 cm³/mol. The number of nitrogens with one attached hydrogen (secondary N) is 1. The fraction of sp³-hybridized carbons (Fsp3) is 0.211. The number of carbonyl (C=O) groups excluding carboxylic acids is 3. The Hall–Kier alpha value is -3.00. The number of ether oxygens (including phenoxy) is 1. The van der Waals surface area contributed by atoms with E-state index >= 15 is 0 Å². The third-order valence-corrected chi connectivity index (χ3v) is 4.84. The molecule has 1 saturated heterocycles. The monoisotopic (exact) mass is 386 g/mol. The van der Waals surface area contributed by atoms with Crippen molar-refractivity contribution in [3.05, 3.63) is 58.4 Å². The zero-order valence-corrected chi connectivity index (χ0v) is 15.7. The van der Waals surface area contributed by atoms with Gasteiger partial charge in [-0.2, -0.15) is 0 Å². The molecule has 1 aromatic carbocycles. The molecular weight excluding hydrogens is 368 g/mol. The van der Waals surface area contributed by atoms with Gasteiger partial charge in [-0.3, -0.25) is 19.3 Å². The lowest BCUT2D eigenvalue weighted by Crippen LogP contribution is -2.39. The number of hydrogen-bond donors (Lipinski definition) is 1. The topological polar surface area (TPSA) is 88.8 Å². The van der Waals surface area contributed by atoms with Gasteiger partial charge in [0.1, 0.15) is 18.1 Å². The summed E-state index contributed by atoms with van der Waals surface area (Å²) in [6, 6.07) is 8.90. The van der Waals surface area contributed by atoms with Crippen LogP contribution in [0.4, 0.5) is 4.79 Å². The number of hydrogen-bond acceptors (Lipinski definition) is 6. The molecule has 140 valence electrons. The summed E-state index contributed by atoms with van der Waals surface area (Å²) in [5.74, 6) is 0.419. The number of nitrogens with zero attached hydrogens (tertiary/aromatic N) is 1. The van der Waals surface area contributed by atoms with Gasteiger partial charge in [-0.05, 0) is 60.2 Å². The highest BCUT2D eigenvalue weighted by Gasteiger charge is 2.36. The Morgan fingerprint density at radius 3 is 2.81 bits per heavy atom. The van der Waals surface area contributed by atoms with Gasteiger partial charge in [0.05, 0.1) is 24.8 Å². The summed E-state index contributed by atoms with van der Waals surface area (Å²) in [6.45, 7) is 1.76. The van der Waals surface area contributed by atoms with Crippen molar-refractivity contribution in [2.45, 2.75) is 13.5 Å². The molecule has 0 bridgehead atoms. The molecule has 0 atom stereocenters. The first-order valence-electron chi connectivity index (χ1n) is 8.17. The number of furan rings is 1. The third kappa shape index (κ3) is 4.40. The van der Waals surface area contributed by atoms with Gasteiger partial charge < -0.3 is 14.5 Å². The van der Waals surface area contributed by atoms with E-state index in [0.717, 1.165) is 33.5 Å². The van der Waals surface area contributed by atoms with E-state index in [9.17, 15) is 14.4 Å². The number of thioether (sulfide) groups is 1. The fourth-order valence-corrected chi connectivity index (χ4v) is 3.42. The Labute approximate surface area is 160 Å². The van der Waals surface area contributed by atoms with Crippen LogP contribution in [0.3, 0.4) is 0 Å². The van der Waals surface area contributed by atoms with Crippen LogP contribution in [0.5, 0.6) is 5.75 Å². The van der Waals surface area contributed by atoms with Crippen molar-refractivity contribution in [1.82, 2.24) is 10.2 Å². The van der Waals surface area contributed by atoms with Gasteiger partial charge in [-0.15, -0.1) is 0 Å². The Morgan fingerprint density at radius 1 is 1.33 bits per heavy atom. The summed E-state index contributed by atoms with van der Waals surface area (Å²) in [5.41, 5.74) is 1.70. The number of imide groups is 1. The number of methoxy groups -OCH3 is 1. The van der Waals surface area contributed by atoms with Crippen LogP contribution in [0.1, 0.15) is 16.9 Å². The van der Waals surface area contributed by atoms with Crippen LogP contribution >= 0.6 is 11.8 Å². The molecular formula is C19H18N2O5S. The minimum Gasteiger partial charge on any atom is -0.496 e. The highest BCUT2D eigenvalue weighted by Crippen LogP contribution is 2.32. The van der Waals surface area contributed by atoms with Crippen molar-refractivity contribution < 1.29 is 23.5 Å². The molecule has 27 heavy (non-hydrogen) atoms. The molecule has 2 heterocycles. The quantitative estimate of drug-likeness (QED) is 0.768. The molecule has 0 unspecified atom stereocenters. The molecule has 7 nitrogen and oxygen atoms in total. The first kappa shape index (κ1) is 18.8. The predicted octanol–water partition coefficient (Wildman–Crippen LogP) is 2.95. The largest absolute Gasteiger partial charge is 0.496 e. The van der Waals surface area contributed by atoms with Crippen molar-refractivity contribution >= 4 is 34.9 Å². The zero-order chi connectivity index (χ0) is 19.4. The minimum atomic E-state index is -0.480. The molecule has 0 spiro atoms. The molecule has 1 fully saturated rings. The van der Waals surface area contributed by atoms with Gasteiger partial charge in [-0.1, -0.05) is 6.07 Å². The Bertz CT molecular complexity index is 905. The molecule has 1 N–H and O–H groups in total.